The van der Waals surface area contributed by atoms with Crippen molar-refractivity contribution in [1.82, 2.24) is 4.90 Å². The number of rotatable bonds is 8. The quantitative estimate of drug-likeness (QED) is 0.477. The van der Waals surface area contributed by atoms with Gasteiger partial charge in [0.2, 0.25) is 0 Å². The number of nitrogens with one attached hydrogen (secondary N) is 1. The van der Waals surface area contributed by atoms with Crippen LogP contribution in [0.3, 0.4) is 0 Å². The van der Waals surface area contributed by atoms with Gasteiger partial charge in [-0.3, -0.25) is 9.59 Å². The lowest BCUT2D eigenvalue weighted by atomic mass is 10.1. The van der Waals surface area contributed by atoms with E-state index in [2.05, 4.69) is 17.4 Å². The summed E-state index contributed by atoms with van der Waals surface area (Å²) in [5.74, 6) is 0.536. The fourth-order valence-corrected chi connectivity index (χ4v) is 3.97. The molecule has 0 fully saturated rings. The Kier molecular flexibility index (Phi) is 7.69. The van der Waals surface area contributed by atoms with Crippen LogP contribution in [0.1, 0.15) is 40.1 Å². The molecule has 3 aromatic carbocycles. The Morgan fingerprint density at radius 2 is 1.47 bits per heavy atom. The highest BCUT2D eigenvalue weighted by Gasteiger charge is 2.17. The van der Waals surface area contributed by atoms with Gasteiger partial charge in [0.25, 0.3) is 11.8 Å². The fourth-order valence-electron chi connectivity index (χ4n) is 3.09. The Morgan fingerprint density at radius 1 is 0.833 bits per heavy atom. The molecule has 0 heterocycles. The molecule has 0 radical (unpaired) electrons. The number of nitrogens with zero attached hydrogens (tertiary/aromatic N) is 1. The van der Waals surface area contributed by atoms with E-state index in [1.165, 1.54) is 4.90 Å². The number of carbonyl (C=O) groups is 2. The van der Waals surface area contributed by atoms with E-state index >= 15 is 0 Å². The van der Waals surface area contributed by atoms with Crippen LogP contribution in [0.5, 0.6) is 0 Å². The second kappa shape index (κ2) is 10.6. The van der Waals surface area contributed by atoms with Crippen molar-refractivity contribution in [3.05, 3.63) is 95.6 Å². The van der Waals surface area contributed by atoms with Crippen molar-refractivity contribution in [3.63, 3.8) is 0 Å². The zero-order valence-corrected chi connectivity index (χ0v) is 18.1. The number of para-hydroxylation sites is 1. The topological polar surface area (TPSA) is 49.4 Å². The standard InChI is InChI=1S/C25H26N2O2S/c1-3-27(4-2)25(29)22-12-8-9-13-23(22)26-24(28)20-16-14-19(15-17-20)18-30-21-10-6-5-7-11-21/h5-17H,3-4,18H2,1-2H3,(H,26,28). The second-order valence-corrected chi connectivity index (χ2v) is 7.82. The molecule has 0 aliphatic heterocycles. The third-order valence-electron chi connectivity index (χ3n) is 4.82. The Hall–Kier alpha value is -3.05. The van der Waals surface area contributed by atoms with Crippen LogP contribution < -0.4 is 5.32 Å². The predicted octanol–water partition coefficient (Wildman–Crippen LogP) is 5.71. The number of carbonyl (C=O) groups excluding carboxylic acids is 2. The van der Waals surface area contributed by atoms with E-state index in [9.17, 15) is 9.59 Å². The minimum Gasteiger partial charge on any atom is -0.339 e. The fraction of sp³-hybridized carbons (Fsp3) is 0.200. The van der Waals surface area contributed by atoms with Crippen LogP contribution in [-0.2, 0) is 5.75 Å². The average Bonchev–Trinajstić information content (AvgIpc) is 2.80. The molecule has 0 aromatic heterocycles. The maximum absolute atomic E-state index is 12.8. The maximum atomic E-state index is 12.8. The first-order valence-corrected chi connectivity index (χ1v) is 11.1. The van der Waals surface area contributed by atoms with Gasteiger partial charge >= 0.3 is 0 Å². The highest BCUT2D eigenvalue weighted by atomic mass is 32.2. The van der Waals surface area contributed by atoms with Crippen LogP contribution in [-0.4, -0.2) is 29.8 Å². The van der Waals surface area contributed by atoms with Crippen LogP contribution in [0.2, 0.25) is 0 Å². The van der Waals surface area contributed by atoms with Gasteiger partial charge in [-0.25, -0.2) is 0 Å². The summed E-state index contributed by atoms with van der Waals surface area (Å²) in [5.41, 5.74) is 2.75. The molecule has 3 rings (SSSR count). The predicted molar refractivity (Wildman–Crippen MR) is 124 cm³/mol. The monoisotopic (exact) mass is 418 g/mol. The third-order valence-corrected chi connectivity index (χ3v) is 5.90. The normalized spacial score (nSPS) is 10.5. The molecule has 4 nitrogen and oxygen atoms in total. The molecule has 0 saturated carbocycles. The van der Waals surface area contributed by atoms with E-state index in [1.54, 1.807) is 28.8 Å². The lowest BCUT2D eigenvalue weighted by Crippen LogP contribution is -2.31. The molecular formula is C25H26N2O2S. The lowest BCUT2D eigenvalue weighted by Gasteiger charge is -2.20. The van der Waals surface area contributed by atoms with Crippen molar-refractivity contribution in [3.8, 4) is 0 Å². The number of hydrogen-bond acceptors (Lipinski definition) is 3. The third kappa shape index (κ3) is 5.51. The van der Waals surface area contributed by atoms with Crippen LogP contribution in [0.25, 0.3) is 0 Å². The van der Waals surface area contributed by atoms with Gasteiger partial charge in [0, 0.05) is 29.3 Å². The Balaban J connectivity index is 1.67. The molecule has 0 saturated heterocycles. The van der Waals surface area contributed by atoms with Crippen LogP contribution >= 0.6 is 11.8 Å². The van der Waals surface area contributed by atoms with Gasteiger partial charge in [0.05, 0.1) is 11.3 Å². The summed E-state index contributed by atoms with van der Waals surface area (Å²) in [6.45, 7) is 5.14. The molecule has 0 unspecified atom stereocenters. The number of benzene rings is 3. The summed E-state index contributed by atoms with van der Waals surface area (Å²) in [5, 5.41) is 2.90. The lowest BCUT2D eigenvalue weighted by molar-refractivity contribution is 0.0774. The smallest absolute Gasteiger partial charge is 0.255 e. The van der Waals surface area contributed by atoms with Crippen molar-refractivity contribution in [1.29, 1.82) is 0 Å². The molecule has 5 heteroatoms. The van der Waals surface area contributed by atoms with Gasteiger partial charge in [-0.1, -0.05) is 42.5 Å². The summed E-state index contributed by atoms with van der Waals surface area (Å²) < 4.78 is 0. The molecule has 1 N–H and O–H groups in total. The van der Waals surface area contributed by atoms with Gasteiger partial charge in [0.1, 0.15) is 0 Å². The SMILES string of the molecule is CCN(CC)C(=O)c1ccccc1NC(=O)c1ccc(CSc2ccccc2)cc1. The summed E-state index contributed by atoms with van der Waals surface area (Å²) in [4.78, 5) is 28.5. The van der Waals surface area contributed by atoms with E-state index in [0.29, 0.717) is 29.9 Å². The van der Waals surface area contributed by atoms with Crippen molar-refractivity contribution >= 4 is 29.3 Å². The van der Waals surface area contributed by atoms with E-state index in [4.69, 9.17) is 0 Å². The molecule has 0 spiro atoms. The first-order chi connectivity index (χ1) is 14.6. The Morgan fingerprint density at radius 3 is 2.13 bits per heavy atom. The summed E-state index contributed by atoms with van der Waals surface area (Å²) >= 11 is 1.76. The first kappa shape index (κ1) is 21.7. The van der Waals surface area contributed by atoms with Crippen molar-refractivity contribution in [2.45, 2.75) is 24.5 Å². The number of amides is 2. The second-order valence-electron chi connectivity index (χ2n) is 6.78. The van der Waals surface area contributed by atoms with Gasteiger partial charge in [-0.05, 0) is 55.8 Å². The van der Waals surface area contributed by atoms with Crippen LogP contribution in [0, 0.1) is 0 Å². The first-order valence-electron chi connectivity index (χ1n) is 10.1. The van der Waals surface area contributed by atoms with Crippen LogP contribution in [0.15, 0.2) is 83.8 Å². The van der Waals surface area contributed by atoms with E-state index in [-0.39, 0.29) is 11.8 Å². The van der Waals surface area contributed by atoms with Crippen molar-refractivity contribution in [2.24, 2.45) is 0 Å². The largest absolute Gasteiger partial charge is 0.339 e. The summed E-state index contributed by atoms with van der Waals surface area (Å²) in [6, 6.07) is 25.0. The molecule has 2 amide bonds. The number of hydrogen-bond donors (Lipinski definition) is 1. The van der Waals surface area contributed by atoms with E-state index < -0.39 is 0 Å². The van der Waals surface area contributed by atoms with Crippen LogP contribution in [0.4, 0.5) is 5.69 Å². The van der Waals surface area contributed by atoms with E-state index in [1.807, 2.05) is 68.4 Å². The van der Waals surface area contributed by atoms with Gasteiger partial charge in [-0.2, -0.15) is 0 Å². The maximum Gasteiger partial charge on any atom is 0.255 e. The molecular weight excluding hydrogens is 392 g/mol. The molecule has 0 bridgehead atoms. The summed E-state index contributed by atoms with van der Waals surface area (Å²) in [6.07, 6.45) is 0. The Labute approximate surface area is 182 Å². The zero-order chi connectivity index (χ0) is 21.3. The number of anilines is 1. The summed E-state index contributed by atoms with van der Waals surface area (Å²) in [7, 11) is 0. The van der Waals surface area contributed by atoms with Gasteiger partial charge < -0.3 is 10.2 Å². The van der Waals surface area contributed by atoms with Gasteiger partial charge in [0.15, 0.2) is 0 Å². The molecule has 3 aromatic rings. The van der Waals surface area contributed by atoms with Crippen molar-refractivity contribution < 1.29 is 9.59 Å². The highest BCUT2D eigenvalue weighted by molar-refractivity contribution is 7.98. The Bertz CT molecular complexity index is 984. The minimum absolute atomic E-state index is 0.0795. The van der Waals surface area contributed by atoms with E-state index in [0.717, 1.165) is 11.3 Å². The van der Waals surface area contributed by atoms with Crippen molar-refractivity contribution in [2.75, 3.05) is 18.4 Å². The molecule has 0 aliphatic rings. The number of thioether (sulfide) groups is 1. The molecule has 0 atom stereocenters. The molecule has 154 valence electrons. The van der Waals surface area contributed by atoms with Gasteiger partial charge in [-0.15, -0.1) is 11.8 Å². The highest BCUT2D eigenvalue weighted by Crippen LogP contribution is 2.23. The zero-order valence-electron chi connectivity index (χ0n) is 17.3. The molecule has 30 heavy (non-hydrogen) atoms. The average molecular weight is 419 g/mol. The molecule has 0 aliphatic carbocycles. The minimum atomic E-state index is -0.225.